The zero-order valence-corrected chi connectivity index (χ0v) is 13.0. The molecule has 0 atom stereocenters. The molecule has 0 amide bonds. The van der Waals surface area contributed by atoms with E-state index in [-0.39, 0.29) is 0 Å². The van der Waals surface area contributed by atoms with Crippen LogP contribution in [0.5, 0.6) is 0 Å². The quantitative estimate of drug-likeness (QED) is 0.941. The van der Waals surface area contributed by atoms with Crippen molar-refractivity contribution in [2.24, 2.45) is 4.99 Å². The summed E-state index contributed by atoms with van der Waals surface area (Å²) in [4.78, 5) is 6.41. The molecule has 1 heterocycles. The Balaban J connectivity index is 1.90. The fourth-order valence-electron chi connectivity index (χ4n) is 2.48. The maximum Gasteiger partial charge on any atom is 0.0991 e. The van der Waals surface area contributed by atoms with Crippen LogP contribution in [0, 0.1) is 22.7 Å². The van der Waals surface area contributed by atoms with Crippen molar-refractivity contribution in [1.82, 2.24) is 5.32 Å². The Bertz CT molecular complexity index is 849. The summed E-state index contributed by atoms with van der Waals surface area (Å²) in [6.07, 6.45) is 3.59. The topological polar surface area (TPSA) is 75.2 Å². The highest BCUT2D eigenvalue weighted by Gasteiger charge is 2.14. The highest BCUT2D eigenvalue weighted by molar-refractivity contribution is 5.61. The molecule has 0 aliphatic carbocycles. The maximum atomic E-state index is 8.97. The van der Waals surface area contributed by atoms with E-state index in [2.05, 4.69) is 27.3 Å². The molecule has 1 aliphatic rings. The molecule has 2 aromatic carbocycles. The van der Waals surface area contributed by atoms with Crippen molar-refractivity contribution >= 4 is 12.0 Å². The van der Waals surface area contributed by atoms with Gasteiger partial charge >= 0.3 is 0 Å². The summed E-state index contributed by atoms with van der Waals surface area (Å²) in [5.41, 5.74) is 4.39. The van der Waals surface area contributed by atoms with Gasteiger partial charge in [0.2, 0.25) is 0 Å². The molecule has 0 aromatic heterocycles. The predicted octanol–water partition coefficient (Wildman–Crippen LogP) is 2.91. The lowest BCUT2D eigenvalue weighted by Crippen LogP contribution is -2.27. The van der Waals surface area contributed by atoms with E-state index >= 15 is 0 Å². The highest BCUT2D eigenvalue weighted by Crippen LogP contribution is 2.23. The molecular weight excluding hydrogens is 298 g/mol. The van der Waals surface area contributed by atoms with Crippen LogP contribution in [0.2, 0.25) is 0 Å². The Hall–Kier alpha value is -3.57. The predicted molar refractivity (Wildman–Crippen MR) is 93.1 cm³/mol. The largest absolute Gasteiger partial charge is 0.351 e. The van der Waals surface area contributed by atoms with Gasteiger partial charge in [-0.3, -0.25) is 4.99 Å². The highest BCUT2D eigenvalue weighted by atomic mass is 15.2. The first kappa shape index (κ1) is 15.3. The first-order chi connectivity index (χ1) is 11.8. The van der Waals surface area contributed by atoms with Crippen LogP contribution in [-0.4, -0.2) is 12.9 Å². The van der Waals surface area contributed by atoms with Gasteiger partial charge in [-0.25, -0.2) is 0 Å². The van der Waals surface area contributed by atoms with Crippen LogP contribution in [0.1, 0.15) is 16.7 Å². The second-order valence-electron chi connectivity index (χ2n) is 5.33. The zero-order chi connectivity index (χ0) is 16.8. The number of rotatable bonds is 4. The van der Waals surface area contributed by atoms with E-state index in [1.54, 1.807) is 18.5 Å². The van der Waals surface area contributed by atoms with E-state index in [0.29, 0.717) is 24.2 Å². The monoisotopic (exact) mass is 313 g/mol. The summed E-state index contributed by atoms with van der Waals surface area (Å²) >= 11 is 0. The molecule has 24 heavy (non-hydrogen) atoms. The second-order valence-corrected chi connectivity index (χ2v) is 5.33. The molecule has 0 saturated carbocycles. The maximum absolute atomic E-state index is 8.97. The lowest BCUT2D eigenvalue weighted by molar-refractivity contribution is 0.859. The molecule has 0 saturated heterocycles. The smallest absolute Gasteiger partial charge is 0.0991 e. The average molecular weight is 313 g/mol. The van der Waals surface area contributed by atoms with Gasteiger partial charge in [-0.15, -0.1) is 0 Å². The standard InChI is InChI=1S/C19H15N5/c20-9-15-1-3-17(4-2-15)13-24(19-11-22-14-23-12-19)18-7-5-16(10-21)6-8-18/h1-8,11,14H,12-13H2,(H,22,23). The molecule has 0 bridgehead atoms. The third-order valence-corrected chi connectivity index (χ3v) is 3.75. The molecule has 1 aliphatic heterocycles. The first-order valence-electron chi connectivity index (χ1n) is 7.50. The van der Waals surface area contributed by atoms with E-state index in [9.17, 15) is 0 Å². The Kier molecular flexibility index (Phi) is 4.55. The van der Waals surface area contributed by atoms with E-state index in [4.69, 9.17) is 10.5 Å². The van der Waals surface area contributed by atoms with Crippen LogP contribution in [0.3, 0.4) is 0 Å². The summed E-state index contributed by atoms with van der Waals surface area (Å²) in [6, 6.07) is 19.3. The van der Waals surface area contributed by atoms with Crippen molar-refractivity contribution < 1.29 is 0 Å². The SMILES string of the molecule is N#Cc1ccc(CN(C2=CNC=NC2)c2ccc(C#N)cc2)cc1. The molecule has 0 radical (unpaired) electrons. The van der Waals surface area contributed by atoms with Crippen LogP contribution in [0.4, 0.5) is 5.69 Å². The fourth-order valence-corrected chi connectivity index (χ4v) is 2.48. The van der Waals surface area contributed by atoms with Crippen molar-refractivity contribution in [2.45, 2.75) is 6.54 Å². The number of nitrogens with one attached hydrogen (secondary N) is 1. The molecule has 3 rings (SSSR count). The Morgan fingerprint density at radius 3 is 2.12 bits per heavy atom. The van der Waals surface area contributed by atoms with Crippen molar-refractivity contribution in [3.05, 3.63) is 77.1 Å². The van der Waals surface area contributed by atoms with Gasteiger partial charge in [-0.05, 0) is 42.0 Å². The van der Waals surface area contributed by atoms with Gasteiger partial charge in [0.1, 0.15) is 0 Å². The third-order valence-electron chi connectivity index (χ3n) is 3.75. The van der Waals surface area contributed by atoms with Gasteiger partial charge in [0.25, 0.3) is 0 Å². The van der Waals surface area contributed by atoms with Crippen LogP contribution >= 0.6 is 0 Å². The Morgan fingerprint density at radius 1 is 0.958 bits per heavy atom. The molecule has 0 unspecified atom stereocenters. The number of benzene rings is 2. The van der Waals surface area contributed by atoms with E-state index in [1.807, 2.05) is 42.6 Å². The summed E-state index contributed by atoms with van der Waals surface area (Å²) < 4.78 is 0. The molecule has 1 N–H and O–H groups in total. The normalized spacial score (nSPS) is 12.5. The zero-order valence-electron chi connectivity index (χ0n) is 13.0. The van der Waals surface area contributed by atoms with Crippen molar-refractivity contribution in [3.63, 3.8) is 0 Å². The lowest BCUT2D eigenvalue weighted by Gasteiger charge is -2.28. The summed E-state index contributed by atoms with van der Waals surface area (Å²) in [6.45, 7) is 1.24. The van der Waals surface area contributed by atoms with Gasteiger partial charge in [-0.1, -0.05) is 12.1 Å². The molecule has 5 heteroatoms. The molecule has 5 nitrogen and oxygen atoms in total. The number of aliphatic imine (C=N–C) groups is 1. The van der Waals surface area contributed by atoms with E-state index in [0.717, 1.165) is 16.9 Å². The number of anilines is 1. The Morgan fingerprint density at radius 2 is 1.58 bits per heavy atom. The molecular formula is C19H15N5. The summed E-state index contributed by atoms with van der Waals surface area (Å²) in [5, 5.41) is 20.9. The van der Waals surface area contributed by atoms with Crippen molar-refractivity contribution in [2.75, 3.05) is 11.4 Å². The van der Waals surface area contributed by atoms with E-state index in [1.165, 1.54) is 0 Å². The minimum Gasteiger partial charge on any atom is -0.351 e. The molecule has 0 spiro atoms. The van der Waals surface area contributed by atoms with Gasteiger partial charge < -0.3 is 10.2 Å². The average Bonchev–Trinajstić information content (AvgIpc) is 2.67. The summed E-state index contributed by atoms with van der Waals surface area (Å²) in [7, 11) is 0. The number of hydrogen-bond acceptors (Lipinski definition) is 5. The minimum atomic E-state index is 0.587. The van der Waals surface area contributed by atoms with Crippen molar-refractivity contribution in [1.29, 1.82) is 10.5 Å². The van der Waals surface area contributed by atoms with Crippen LogP contribution in [0.25, 0.3) is 0 Å². The first-order valence-corrected chi connectivity index (χ1v) is 7.50. The van der Waals surface area contributed by atoms with Crippen LogP contribution in [-0.2, 0) is 6.54 Å². The second kappa shape index (κ2) is 7.13. The van der Waals surface area contributed by atoms with Crippen LogP contribution < -0.4 is 10.2 Å². The molecule has 0 fully saturated rings. The van der Waals surface area contributed by atoms with Crippen molar-refractivity contribution in [3.8, 4) is 12.1 Å². The number of hydrogen-bond donors (Lipinski definition) is 1. The van der Waals surface area contributed by atoms with Gasteiger partial charge in [-0.2, -0.15) is 10.5 Å². The lowest BCUT2D eigenvalue weighted by atomic mass is 10.1. The van der Waals surface area contributed by atoms with Gasteiger partial charge in [0.15, 0.2) is 0 Å². The third kappa shape index (κ3) is 3.43. The Labute approximate surface area is 140 Å². The molecule has 2 aromatic rings. The summed E-state index contributed by atoms with van der Waals surface area (Å²) in [5.74, 6) is 0. The fraction of sp³-hybridized carbons (Fsp3) is 0.105. The van der Waals surface area contributed by atoms with E-state index < -0.39 is 0 Å². The molecule has 116 valence electrons. The van der Waals surface area contributed by atoms with Gasteiger partial charge in [0.05, 0.1) is 41.8 Å². The number of nitrogens with zero attached hydrogens (tertiary/aromatic N) is 4. The number of nitriles is 2. The minimum absolute atomic E-state index is 0.587. The van der Waals surface area contributed by atoms with Crippen LogP contribution in [0.15, 0.2) is 65.4 Å². The van der Waals surface area contributed by atoms with Gasteiger partial charge in [0, 0.05) is 18.4 Å².